The Kier molecular flexibility index (Phi) is 5.30. The molecule has 9 rings (SSSR count). The predicted octanol–water partition coefficient (Wildman–Crippen LogP) is 8.30. The van der Waals surface area contributed by atoms with Gasteiger partial charge in [-0.2, -0.15) is 5.10 Å². The van der Waals surface area contributed by atoms with Gasteiger partial charge in [0.1, 0.15) is 23.3 Å². The van der Waals surface area contributed by atoms with Gasteiger partial charge in [0.25, 0.3) is 5.89 Å². The van der Waals surface area contributed by atoms with Crippen LogP contribution in [0.4, 0.5) is 0 Å². The van der Waals surface area contributed by atoms with Crippen molar-refractivity contribution in [3.05, 3.63) is 116 Å². The third-order valence-corrected chi connectivity index (χ3v) is 7.84. The van der Waals surface area contributed by atoms with Crippen molar-refractivity contribution < 1.29 is 8.94 Å². The topological polar surface area (TPSA) is 122 Å². The molecular weight excluding hydrogens is 550 g/mol. The number of oxazole rings is 1. The summed E-state index contributed by atoms with van der Waals surface area (Å²) in [5, 5.41) is 16.0. The second-order valence-corrected chi connectivity index (χ2v) is 10.4. The van der Waals surface area contributed by atoms with Gasteiger partial charge < -0.3 is 13.9 Å². The van der Waals surface area contributed by atoms with E-state index >= 15 is 0 Å². The van der Waals surface area contributed by atoms with Crippen LogP contribution in [0.3, 0.4) is 0 Å². The quantitative estimate of drug-likeness (QED) is 0.213. The highest BCUT2D eigenvalue weighted by molar-refractivity contribution is 6.14. The van der Waals surface area contributed by atoms with Crippen molar-refractivity contribution in [2.24, 2.45) is 0 Å². The van der Waals surface area contributed by atoms with Gasteiger partial charge in [0, 0.05) is 56.1 Å². The molecule has 0 amide bonds. The lowest BCUT2D eigenvalue weighted by Crippen LogP contribution is -1.99. The average Bonchev–Trinajstić information content (AvgIpc) is 3.90. The van der Waals surface area contributed by atoms with E-state index in [1.165, 1.54) is 6.26 Å². The fraction of sp³-hybridized carbons (Fsp3) is 0. The highest BCUT2D eigenvalue weighted by Gasteiger charge is 2.25. The third-order valence-electron chi connectivity index (χ3n) is 7.84. The lowest BCUT2D eigenvalue weighted by atomic mass is 9.92. The summed E-state index contributed by atoms with van der Waals surface area (Å²) in [6.07, 6.45) is 4.89. The summed E-state index contributed by atoms with van der Waals surface area (Å²) in [5.74, 6) is 0.798. The first-order valence-electron chi connectivity index (χ1n) is 14.1. The largest absolute Gasteiger partial charge is 0.442 e. The molecule has 0 aliphatic heterocycles. The van der Waals surface area contributed by atoms with Crippen LogP contribution in [0.25, 0.3) is 89.5 Å². The molecule has 9 nitrogen and oxygen atoms in total. The SMILES string of the molecule is c1ccc2nc(-c3nc(-c4cc[nH]n4)c(-c4cc5ccccc5[nH]4)c4c(-c5cc(-c6ncco6)on5)cccc34)ccc2c1. The zero-order valence-corrected chi connectivity index (χ0v) is 23.0. The summed E-state index contributed by atoms with van der Waals surface area (Å²) in [7, 11) is 0. The predicted molar refractivity (Wildman–Crippen MR) is 168 cm³/mol. The Bertz CT molecular complexity index is 2420. The molecule has 0 bridgehead atoms. The molecule has 208 valence electrons. The standard InChI is InChI=1S/C35H21N7O2/c1-3-10-24-20(6-1)12-13-26(38-24)33-23-9-5-8-22(28-19-30(44-42-28)35-36-16-17-43-35)31(23)32(34(40-33)27-14-15-37-41-27)29-18-21-7-2-4-11-25(21)39-29/h1-19,39H,(H,37,41). The van der Waals surface area contributed by atoms with Crippen LogP contribution in [-0.4, -0.2) is 35.3 Å². The molecule has 0 saturated carbocycles. The summed E-state index contributed by atoms with van der Waals surface area (Å²) >= 11 is 0. The van der Waals surface area contributed by atoms with Crippen LogP contribution in [-0.2, 0) is 0 Å². The normalized spacial score (nSPS) is 11.6. The second-order valence-electron chi connectivity index (χ2n) is 10.4. The van der Waals surface area contributed by atoms with Crippen molar-refractivity contribution in [3.8, 4) is 56.9 Å². The fourth-order valence-electron chi connectivity index (χ4n) is 5.87. The van der Waals surface area contributed by atoms with Gasteiger partial charge in [-0.05, 0) is 30.3 Å². The molecule has 0 radical (unpaired) electrons. The number of aromatic amines is 2. The van der Waals surface area contributed by atoms with Gasteiger partial charge in [0.2, 0.25) is 5.76 Å². The Hall–Kier alpha value is -6.35. The van der Waals surface area contributed by atoms with Crippen molar-refractivity contribution in [1.29, 1.82) is 0 Å². The molecule has 9 heteroatoms. The molecule has 6 heterocycles. The minimum absolute atomic E-state index is 0.361. The Labute approximate surface area is 249 Å². The van der Waals surface area contributed by atoms with Crippen molar-refractivity contribution >= 4 is 32.6 Å². The molecule has 0 aliphatic rings. The van der Waals surface area contributed by atoms with E-state index in [-0.39, 0.29) is 0 Å². The molecule has 9 aromatic rings. The number of para-hydroxylation sites is 2. The van der Waals surface area contributed by atoms with E-state index < -0.39 is 0 Å². The van der Waals surface area contributed by atoms with Crippen molar-refractivity contribution in [2.75, 3.05) is 0 Å². The lowest BCUT2D eigenvalue weighted by Gasteiger charge is -2.17. The zero-order valence-electron chi connectivity index (χ0n) is 23.0. The molecule has 3 aromatic carbocycles. The number of nitrogens with zero attached hydrogens (tertiary/aromatic N) is 5. The summed E-state index contributed by atoms with van der Waals surface area (Å²) in [6.45, 7) is 0. The molecular formula is C35H21N7O2. The zero-order chi connectivity index (χ0) is 29.0. The first kappa shape index (κ1) is 24.3. The number of H-pyrrole nitrogens is 2. The molecule has 0 fully saturated rings. The second kappa shape index (κ2) is 9.60. The Balaban J connectivity index is 1.41. The molecule has 0 saturated heterocycles. The van der Waals surface area contributed by atoms with Gasteiger partial charge in [-0.15, -0.1) is 0 Å². The summed E-state index contributed by atoms with van der Waals surface area (Å²) in [4.78, 5) is 18.2. The van der Waals surface area contributed by atoms with Crippen molar-refractivity contribution in [1.82, 2.24) is 35.3 Å². The maximum Gasteiger partial charge on any atom is 0.265 e. The maximum absolute atomic E-state index is 5.71. The number of fused-ring (bicyclic) bond motifs is 3. The number of nitrogens with one attached hydrogen (secondary N) is 2. The number of pyridine rings is 2. The van der Waals surface area contributed by atoms with E-state index in [4.69, 9.17) is 18.9 Å². The number of benzene rings is 3. The molecule has 0 aliphatic carbocycles. The maximum atomic E-state index is 5.71. The van der Waals surface area contributed by atoms with Crippen LogP contribution >= 0.6 is 0 Å². The molecule has 0 unspecified atom stereocenters. The van der Waals surface area contributed by atoms with Gasteiger partial charge in [-0.3, -0.25) is 5.10 Å². The number of hydrogen-bond donors (Lipinski definition) is 2. The summed E-state index contributed by atoms with van der Waals surface area (Å²) in [5.41, 5.74) is 8.12. The summed E-state index contributed by atoms with van der Waals surface area (Å²) < 4.78 is 11.2. The van der Waals surface area contributed by atoms with Crippen LogP contribution in [0.1, 0.15) is 0 Å². The Morgan fingerprint density at radius 2 is 1.61 bits per heavy atom. The lowest BCUT2D eigenvalue weighted by molar-refractivity contribution is 0.417. The number of rotatable bonds is 5. The average molecular weight is 572 g/mol. The monoisotopic (exact) mass is 571 g/mol. The summed E-state index contributed by atoms with van der Waals surface area (Å²) in [6, 6.07) is 32.4. The third kappa shape index (κ3) is 3.83. The smallest absolute Gasteiger partial charge is 0.265 e. The number of hydrogen-bond acceptors (Lipinski definition) is 7. The van der Waals surface area contributed by atoms with E-state index in [0.717, 1.165) is 60.8 Å². The number of aromatic nitrogens is 7. The van der Waals surface area contributed by atoms with Crippen molar-refractivity contribution in [2.45, 2.75) is 0 Å². The first-order valence-corrected chi connectivity index (χ1v) is 14.1. The van der Waals surface area contributed by atoms with Crippen LogP contribution in [0.2, 0.25) is 0 Å². The molecule has 0 spiro atoms. The van der Waals surface area contributed by atoms with Crippen LogP contribution in [0, 0.1) is 0 Å². The first-order chi connectivity index (χ1) is 21.8. The van der Waals surface area contributed by atoms with Gasteiger partial charge >= 0.3 is 0 Å². The molecule has 44 heavy (non-hydrogen) atoms. The highest BCUT2D eigenvalue weighted by atomic mass is 16.5. The van der Waals surface area contributed by atoms with Crippen molar-refractivity contribution in [3.63, 3.8) is 0 Å². The Morgan fingerprint density at radius 1 is 0.705 bits per heavy atom. The van der Waals surface area contributed by atoms with E-state index in [2.05, 4.69) is 61.7 Å². The molecule has 0 atom stereocenters. The van der Waals surface area contributed by atoms with E-state index in [1.807, 2.05) is 60.7 Å². The highest BCUT2D eigenvalue weighted by Crippen LogP contribution is 2.45. The van der Waals surface area contributed by atoms with Gasteiger partial charge in [0.15, 0.2) is 0 Å². The minimum Gasteiger partial charge on any atom is -0.442 e. The van der Waals surface area contributed by atoms with Gasteiger partial charge in [-0.1, -0.05) is 65.8 Å². The molecule has 2 N–H and O–H groups in total. The Morgan fingerprint density at radius 3 is 2.48 bits per heavy atom. The van der Waals surface area contributed by atoms with Crippen LogP contribution in [0.15, 0.2) is 125 Å². The van der Waals surface area contributed by atoms with E-state index in [0.29, 0.717) is 28.7 Å². The van der Waals surface area contributed by atoms with Crippen LogP contribution < -0.4 is 0 Å². The van der Waals surface area contributed by atoms with Gasteiger partial charge in [0.05, 0.1) is 23.1 Å². The van der Waals surface area contributed by atoms with Gasteiger partial charge in [-0.25, -0.2) is 15.0 Å². The minimum atomic E-state index is 0.361. The van der Waals surface area contributed by atoms with Crippen LogP contribution in [0.5, 0.6) is 0 Å². The fourth-order valence-corrected chi connectivity index (χ4v) is 5.87. The van der Waals surface area contributed by atoms with E-state index in [1.54, 1.807) is 12.4 Å². The van der Waals surface area contributed by atoms with E-state index in [9.17, 15) is 0 Å². The molecule has 6 aromatic heterocycles.